The van der Waals surface area contributed by atoms with Gasteiger partial charge < -0.3 is 4.90 Å². The highest BCUT2D eigenvalue weighted by atomic mass is 16.2. The van der Waals surface area contributed by atoms with Crippen molar-refractivity contribution < 1.29 is 4.79 Å². The van der Waals surface area contributed by atoms with Crippen LogP contribution in [0.1, 0.15) is 17.3 Å². The van der Waals surface area contributed by atoms with E-state index in [2.05, 4.69) is 17.1 Å². The van der Waals surface area contributed by atoms with Crippen LogP contribution in [0.15, 0.2) is 36.6 Å². The summed E-state index contributed by atoms with van der Waals surface area (Å²) in [7, 11) is 1.83. The van der Waals surface area contributed by atoms with Crippen LogP contribution in [-0.2, 0) is 4.79 Å². The van der Waals surface area contributed by atoms with Gasteiger partial charge in [-0.1, -0.05) is 24.3 Å². The Morgan fingerprint density at radius 1 is 1.31 bits per heavy atom. The van der Waals surface area contributed by atoms with Crippen molar-refractivity contribution in [3.05, 3.63) is 47.8 Å². The Kier molecular flexibility index (Phi) is 1.93. The molecule has 0 saturated heterocycles. The first-order valence-corrected chi connectivity index (χ1v) is 5.35. The molecular weight excluding hydrogens is 200 g/mol. The number of fused-ring (bicyclic) bond motifs is 3. The molecule has 3 heteroatoms. The molecule has 3 rings (SSSR count). The van der Waals surface area contributed by atoms with Crippen LogP contribution in [0.4, 0.5) is 0 Å². The largest absolute Gasteiger partial charge is 0.333 e. The molecular formula is C13H12N2O. The van der Waals surface area contributed by atoms with Gasteiger partial charge in [0.1, 0.15) is 0 Å². The highest BCUT2D eigenvalue weighted by molar-refractivity contribution is 5.89. The van der Waals surface area contributed by atoms with Gasteiger partial charge in [0.2, 0.25) is 5.91 Å². The van der Waals surface area contributed by atoms with Crippen molar-refractivity contribution >= 4 is 12.0 Å². The summed E-state index contributed by atoms with van der Waals surface area (Å²) in [5.74, 6) is 0.304. The number of hydrogen-bond acceptors (Lipinski definition) is 2. The van der Waals surface area contributed by atoms with Crippen molar-refractivity contribution in [2.24, 2.45) is 5.92 Å². The fourth-order valence-electron chi connectivity index (χ4n) is 2.38. The Morgan fingerprint density at radius 3 is 3.00 bits per heavy atom. The van der Waals surface area contributed by atoms with Crippen LogP contribution in [0.2, 0.25) is 0 Å². The molecule has 1 aromatic heterocycles. The molecule has 2 heterocycles. The molecule has 3 nitrogen and oxygen atoms in total. The number of rotatable bonds is 0. The topological polar surface area (TPSA) is 33.2 Å². The number of pyridine rings is 1. The summed E-state index contributed by atoms with van der Waals surface area (Å²) in [6.45, 7) is 0. The highest BCUT2D eigenvalue weighted by Gasteiger charge is 2.33. The molecule has 0 bridgehead atoms. The van der Waals surface area contributed by atoms with Gasteiger partial charge in [0, 0.05) is 19.2 Å². The number of carbonyl (C=O) groups excluding carboxylic acids is 1. The van der Waals surface area contributed by atoms with Gasteiger partial charge in [0.25, 0.3) is 0 Å². The van der Waals surface area contributed by atoms with E-state index in [0.717, 1.165) is 11.3 Å². The third-order valence-corrected chi connectivity index (χ3v) is 3.24. The van der Waals surface area contributed by atoms with Crippen LogP contribution in [-0.4, -0.2) is 22.8 Å². The van der Waals surface area contributed by atoms with Crippen molar-refractivity contribution in [1.29, 1.82) is 0 Å². The van der Waals surface area contributed by atoms with E-state index in [9.17, 15) is 4.79 Å². The number of aromatic nitrogens is 1. The Bertz CT molecular complexity index is 504. The van der Waals surface area contributed by atoms with Crippen LogP contribution in [0.5, 0.6) is 0 Å². The molecule has 0 radical (unpaired) electrons. The van der Waals surface area contributed by atoms with Gasteiger partial charge in [0.05, 0.1) is 11.7 Å². The van der Waals surface area contributed by atoms with Crippen molar-refractivity contribution in [2.75, 3.05) is 7.05 Å². The van der Waals surface area contributed by atoms with Crippen LogP contribution < -0.4 is 0 Å². The Hall–Kier alpha value is -1.90. The minimum absolute atomic E-state index is 0.0492. The maximum atomic E-state index is 11.6. The average Bonchev–Trinajstić information content (AvgIpc) is 2.33. The molecule has 1 aromatic rings. The molecule has 0 N–H and O–H groups in total. The van der Waals surface area contributed by atoms with Crippen LogP contribution in [0.3, 0.4) is 0 Å². The second-order valence-corrected chi connectivity index (χ2v) is 4.17. The van der Waals surface area contributed by atoms with E-state index < -0.39 is 0 Å². The van der Waals surface area contributed by atoms with Gasteiger partial charge in [-0.25, -0.2) is 0 Å². The lowest BCUT2D eigenvalue weighted by Crippen LogP contribution is -2.38. The molecule has 0 aromatic carbocycles. The first kappa shape index (κ1) is 9.33. The molecule has 16 heavy (non-hydrogen) atoms. The number of carbonyl (C=O) groups is 1. The summed E-state index contributed by atoms with van der Waals surface area (Å²) >= 11 is 0. The van der Waals surface area contributed by atoms with Crippen molar-refractivity contribution in [3.8, 4) is 0 Å². The van der Waals surface area contributed by atoms with E-state index in [-0.39, 0.29) is 17.9 Å². The quantitative estimate of drug-likeness (QED) is 0.657. The summed E-state index contributed by atoms with van der Waals surface area (Å²) in [4.78, 5) is 17.8. The second-order valence-electron chi connectivity index (χ2n) is 4.17. The smallest absolute Gasteiger partial charge is 0.246 e. The van der Waals surface area contributed by atoms with Gasteiger partial charge in [0.15, 0.2) is 0 Å². The molecule has 2 unspecified atom stereocenters. The molecule has 0 saturated carbocycles. The van der Waals surface area contributed by atoms with Crippen molar-refractivity contribution in [3.63, 3.8) is 0 Å². The zero-order valence-corrected chi connectivity index (χ0v) is 9.00. The number of nitrogens with zero attached hydrogens (tertiary/aromatic N) is 2. The third kappa shape index (κ3) is 1.21. The first-order valence-electron chi connectivity index (χ1n) is 5.35. The third-order valence-electron chi connectivity index (χ3n) is 3.24. The van der Waals surface area contributed by atoms with E-state index in [1.165, 1.54) is 0 Å². The summed E-state index contributed by atoms with van der Waals surface area (Å²) < 4.78 is 0. The molecule has 0 fully saturated rings. The van der Waals surface area contributed by atoms with Crippen molar-refractivity contribution in [2.45, 2.75) is 6.04 Å². The van der Waals surface area contributed by atoms with Gasteiger partial charge in [-0.2, -0.15) is 0 Å². The lowest BCUT2D eigenvalue weighted by molar-refractivity contribution is -0.128. The van der Waals surface area contributed by atoms with Gasteiger partial charge in [-0.05, 0) is 17.7 Å². The number of amides is 1. The Morgan fingerprint density at radius 2 is 2.12 bits per heavy atom. The van der Waals surface area contributed by atoms with Crippen molar-refractivity contribution in [1.82, 2.24) is 9.88 Å². The molecule has 0 spiro atoms. The van der Waals surface area contributed by atoms with Gasteiger partial charge >= 0.3 is 0 Å². The first-order chi connectivity index (χ1) is 7.77. The zero-order chi connectivity index (χ0) is 11.1. The monoisotopic (exact) mass is 212 g/mol. The lowest BCUT2D eigenvalue weighted by Gasteiger charge is -2.36. The molecule has 1 aliphatic carbocycles. The SMILES string of the molecule is CN1C(=O)C=CC2C=Cc3cccnc3C21. The fraction of sp³-hybridized carbons (Fsp3) is 0.231. The van der Waals surface area contributed by atoms with Gasteiger partial charge in [-0.3, -0.25) is 9.78 Å². The predicted octanol–water partition coefficient (Wildman–Crippen LogP) is 1.79. The number of likely N-dealkylation sites (N-methyl/N-ethyl adjacent to an activating group) is 1. The van der Waals surface area contributed by atoms with E-state index in [4.69, 9.17) is 0 Å². The fourth-order valence-corrected chi connectivity index (χ4v) is 2.38. The van der Waals surface area contributed by atoms with E-state index >= 15 is 0 Å². The number of hydrogen-bond donors (Lipinski definition) is 0. The van der Waals surface area contributed by atoms with Crippen LogP contribution in [0.25, 0.3) is 6.08 Å². The van der Waals surface area contributed by atoms with Gasteiger partial charge in [-0.15, -0.1) is 0 Å². The average molecular weight is 212 g/mol. The maximum Gasteiger partial charge on any atom is 0.246 e. The van der Waals surface area contributed by atoms with Crippen LogP contribution in [0, 0.1) is 5.92 Å². The molecule has 1 amide bonds. The molecule has 2 atom stereocenters. The zero-order valence-electron chi connectivity index (χ0n) is 9.00. The van der Waals surface area contributed by atoms with E-state index in [0.29, 0.717) is 0 Å². The summed E-state index contributed by atoms with van der Waals surface area (Å²) in [5.41, 5.74) is 2.11. The lowest BCUT2D eigenvalue weighted by atomic mass is 9.85. The Labute approximate surface area is 94.1 Å². The summed E-state index contributed by atoms with van der Waals surface area (Å²) in [5, 5.41) is 0. The minimum Gasteiger partial charge on any atom is -0.333 e. The predicted molar refractivity (Wildman–Crippen MR) is 61.4 cm³/mol. The second kappa shape index (κ2) is 3.30. The summed E-state index contributed by atoms with van der Waals surface area (Å²) in [6, 6.07) is 4.01. The van der Waals surface area contributed by atoms with E-state index in [1.54, 1.807) is 17.2 Å². The maximum absolute atomic E-state index is 11.6. The molecule has 1 aliphatic heterocycles. The summed E-state index contributed by atoms with van der Waals surface area (Å²) in [6.07, 6.45) is 9.60. The normalized spacial score (nSPS) is 26.6. The minimum atomic E-state index is 0.0492. The molecule has 2 aliphatic rings. The Balaban J connectivity index is 2.15. The van der Waals surface area contributed by atoms with Crippen LogP contribution >= 0.6 is 0 Å². The molecule has 80 valence electrons. The standard InChI is InChI=1S/C13H12N2O/c1-15-11(16)7-6-10-5-4-9-3-2-8-14-12(9)13(10)15/h2-8,10,13H,1H3. The highest BCUT2D eigenvalue weighted by Crippen LogP contribution is 2.37. The van der Waals surface area contributed by atoms with E-state index in [1.807, 2.05) is 25.3 Å².